The van der Waals surface area contributed by atoms with Gasteiger partial charge in [-0.25, -0.2) is 0 Å². The maximum absolute atomic E-state index is 5.32. The molecule has 2 aliphatic rings. The van der Waals surface area contributed by atoms with Gasteiger partial charge in [0.2, 0.25) is 0 Å². The summed E-state index contributed by atoms with van der Waals surface area (Å²) in [6, 6.07) is 0. The summed E-state index contributed by atoms with van der Waals surface area (Å²) in [4.78, 5) is 6.98. The molecule has 5 nitrogen and oxygen atoms in total. The monoisotopic (exact) mass is 338 g/mol. The number of nitrogens with zero attached hydrogens (tertiary/aromatic N) is 2. The second-order valence-electron chi connectivity index (χ2n) is 7.85. The molecule has 5 heteroatoms. The number of hydrogen-bond donors (Lipinski definition) is 2. The summed E-state index contributed by atoms with van der Waals surface area (Å²) in [5.41, 5.74) is 0.399. The van der Waals surface area contributed by atoms with Crippen LogP contribution in [0.25, 0.3) is 0 Å². The fourth-order valence-electron chi connectivity index (χ4n) is 4.27. The molecular weight excluding hydrogens is 300 g/mol. The molecule has 1 aliphatic carbocycles. The predicted molar refractivity (Wildman–Crippen MR) is 102 cm³/mol. The van der Waals surface area contributed by atoms with Crippen LogP contribution < -0.4 is 10.6 Å². The number of ether oxygens (including phenoxy) is 1. The molecule has 1 atom stereocenters. The van der Waals surface area contributed by atoms with Gasteiger partial charge in [-0.2, -0.15) is 0 Å². The summed E-state index contributed by atoms with van der Waals surface area (Å²) in [5.74, 6) is 1.79. The van der Waals surface area contributed by atoms with E-state index < -0.39 is 0 Å². The Kier molecular flexibility index (Phi) is 8.33. The summed E-state index contributed by atoms with van der Waals surface area (Å²) in [7, 11) is 3.67. The van der Waals surface area contributed by atoms with Gasteiger partial charge in [0.25, 0.3) is 0 Å². The van der Waals surface area contributed by atoms with Gasteiger partial charge in [0.05, 0.1) is 0 Å². The van der Waals surface area contributed by atoms with Crippen LogP contribution in [0.2, 0.25) is 0 Å². The molecule has 0 aromatic carbocycles. The Bertz CT molecular complexity index is 380. The fourth-order valence-corrected chi connectivity index (χ4v) is 4.27. The van der Waals surface area contributed by atoms with Crippen molar-refractivity contribution in [3.05, 3.63) is 0 Å². The lowest BCUT2D eigenvalue weighted by atomic mass is 9.83. The van der Waals surface area contributed by atoms with Crippen LogP contribution in [0.1, 0.15) is 51.9 Å². The van der Waals surface area contributed by atoms with Crippen molar-refractivity contribution in [1.29, 1.82) is 0 Å². The van der Waals surface area contributed by atoms with Crippen molar-refractivity contribution in [2.24, 2.45) is 16.3 Å². The van der Waals surface area contributed by atoms with E-state index in [-0.39, 0.29) is 0 Å². The smallest absolute Gasteiger partial charge is 0.191 e. The maximum Gasteiger partial charge on any atom is 0.191 e. The largest absolute Gasteiger partial charge is 0.385 e. The van der Waals surface area contributed by atoms with Gasteiger partial charge in [-0.15, -0.1) is 0 Å². The number of piperidine rings is 1. The number of nitrogens with one attached hydrogen (secondary N) is 2. The molecule has 2 N–H and O–H groups in total. The standard InChI is InChI=1S/C19H38N4O/c1-17-7-6-12-23(15-17)13-11-21-18(20-2)22-16-19(10-14-24-3)8-4-5-9-19/h17H,4-16H2,1-3H3,(H2,20,21,22). The van der Waals surface area contributed by atoms with Crippen LogP contribution >= 0.6 is 0 Å². The zero-order chi connectivity index (χ0) is 17.3. The Hall–Kier alpha value is -0.810. The first-order valence-electron chi connectivity index (χ1n) is 9.83. The first-order chi connectivity index (χ1) is 11.7. The van der Waals surface area contributed by atoms with Crippen LogP contribution in [0.4, 0.5) is 0 Å². The lowest BCUT2D eigenvalue weighted by molar-refractivity contribution is 0.138. The molecule has 2 rings (SSSR count). The molecule has 24 heavy (non-hydrogen) atoms. The molecule has 1 saturated carbocycles. The van der Waals surface area contributed by atoms with Gasteiger partial charge < -0.3 is 20.3 Å². The molecular formula is C19H38N4O. The van der Waals surface area contributed by atoms with Crippen LogP contribution in [-0.2, 0) is 4.74 Å². The van der Waals surface area contributed by atoms with E-state index in [2.05, 4.69) is 27.4 Å². The quantitative estimate of drug-likeness (QED) is 0.527. The Balaban J connectivity index is 1.69. The van der Waals surface area contributed by atoms with Crippen LogP contribution in [0.15, 0.2) is 4.99 Å². The Morgan fingerprint density at radius 1 is 1.25 bits per heavy atom. The van der Waals surface area contributed by atoms with Crippen LogP contribution in [0.3, 0.4) is 0 Å². The number of methoxy groups -OCH3 is 1. The van der Waals surface area contributed by atoms with E-state index in [1.165, 1.54) is 51.6 Å². The van der Waals surface area contributed by atoms with Crippen molar-refractivity contribution in [2.75, 3.05) is 53.5 Å². The van der Waals surface area contributed by atoms with E-state index in [4.69, 9.17) is 4.74 Å². The minimum atomic E-state index is 0.399. The van der Waals surface area contributed by atoms with Crippen LogP contribution in [0, 0.1) is 11.3 Å². The van der Waals surface area contributed by atoms with E-state index in [1.54, 1.807) is 7.11 Å². The molecule has 0 amide bonds. The Morgan fingerprint density at radius 3 is 2.71 bits per heavy atom. The molecule has 0 radical (unpaired) electrons. The summed E-state index contributed by atoms with van der Waals surface area (Å²) in [5, 5.41) is 7.07. The lowest BCUT2D eigenvalue weighted by Crippen LogP contribution is -2.46. The summed E-state index contributed by atoms with van der Waals surface area (Å²) >= 11 is 0. The molecule has 1 heterocycles. The molecule has 0 bridgehead atoms. The topological polar surface area (TPSA) is 48.9 Å². The average Bonchev–Trinajstić information content (AvgIpc) is 3.05. The highest BCUT2D eigenvalue weighted by Gasteiger charge is 2.33. The summed E-state index contributed by atoms with van der Waals surface area (Å²) in [6.45, 7) is 8.81. The van der Waals surface area contributed by atoms with Crippen molar-refractivity contribution in [1.82, 2.24) is 15.5 Å². The van der Waals surface area contributed by atoms with Crippen molar-refractivity contribution >= 4 is 5.96 Å². The molecule has 0 aromatic heterocycles. The third-order valence-corrected chi connectivity index (χ3v) is 5.82. The number of guanidine groups is 1. The second-order valence-corrected chi connectivity index (χ2v) is 7.85. The van der Waals surface area contributed by atoms with Crippen molar-refractivity contribution < 1.29 is 4.74 Å². The summed E-state index contributed by atoms with van der Waals surface area (Å²) < 4.78 is 5.32. The minimum Gasteiger partial charge on any atom is -0.385 e. The van der Waals surface area contributed by atoms with Crippen molar-refractivity contribution in [2.45, 2.75) is 51.9 Å². The first kappa shape index (κ1) is 19.5. The Morgan fingerprint density at radius 2 is 2.04 bits per heavy atom. The fraction of sp³-hybridized carbons (Fsp3) is 0.947. The zero-order valence-corrected chi connectivity index (χ0v) is 16.1. The molecule has 0 spiro atoms. The van der Waals surface area contributed by atoms with Gasteiger partial charge in [-0.05, 0) is 50.0 Å². The molecule has 1 saturated heterocycles. The van der Waals surface area contributed by atoms with E-state index in [0.29, 0.717) is 5.41 Å². The van der Waals surface area contributed by atoms with Gasteiger partial charge in [0.1, 0.15) is 0 Å². The normalized spacial score (nSPS) is 25.0. The van der Waals surface area contributed by atoms with E-state index >= 15 is 0 Å². The van der Waals surface area contributed by atoms with E-state index in [0.717, 1.165) is 44.5 Å². The number of rotatable bonds is 8. The van der Waals surface area contributed by atoms with Gasteiger partial charge in [-0.3, -0.25) is 4.99 Å². The van der Waals surface area contributed by atoms with Gasteiger partial charge in [-0.1, -0.05) is 19.8 Å². The maximum atomic E-state index is 5.32. The lowest BCUT2D eigenvalue weighted by Gasteiger charge is -2.31. The highest BCUT2D eigenvalue weighted by molar-refractivity contribution is 5.79. The highest BCUT2D eigenvalue weighted by atomic mass is 16.5. The highest BCUT2D eigenvalue weighted by Crippen LogP contribution is 2.40. The van der Waals surface area contributed by atoms with Crippen molar-refractivity contribution in [3.8, 4) is 0 Å². The number of aliphatic imine (C=N–C) groups is 1. The SMILES string of the molecule is CN=C(NCCN1CCCC(C)C1)NCC1(CCOC)CCCC1. The van der Waals surface area contributed by atoms with Crippen LogP contribution in [-0.4, -0.2) is 64.3 Å². The predicted octanol–water partition coefficient (Wildman–Crippen LogP) is 2.48. The second kappa shape index (κ2) is 10.2. The van der Waals surface area contributed by atoms with Gasteiger partial charge >= 0.3 is 0 Å². The van der Waals surface area contributed by atoms with Gasteiger partial charge in [0.15, 0.2) is 5.96 Å². The van der Waals surface area contributed by atoms with Gasteiger partial charge in [0, 0.05) is 46.9 Å². The molecule has 140 valence electrons. The van der Waals surface area contributed by atoms with E-state index in [1.807, 2.05) is 7.05 Å². The molecule has 2 fully saturated rings. The molecule has 0 aromatic rings. The average molecular weight is 339 g/mol. The molecule has 1 aliphatic heterocycles. The molecule has 1 unspecified atom stereocenters. The van der Waals surface area contributed by atoms with E-state index in [9.17, 15) is 0 Å². The number of hydrogen-bond acceptors (Lipinski definition) is 3. The summed E-state index contributed by atoms with van der Waals surface area (Å²) in [6.07, 6.45) is 9.21. The third-order valence-electron chi connectivity index (χ3n) is 5.82. The first-order valence-corrected chi connectivity index (χ1v) is 9.83. The Labute approximate surface area is 148 Å². The third kappa shape index (κ3) is 6.25. The minimum absolute atomic E-state index is 0.399. The number of likely N-dealkylation sites (tertiary alicyclic amines) is 1. The van der Waals surface area contributed by atoms with Crippen LogP contribution in [0.5, 0.6) is 0 Å². The zero-order valence-electron chi connectivity index (χ0n) is 16.1. The van der Waals surface area contributed by atoms with Crippen molar-refractivity contribution in [3.63, 3.8) is 0 Å².